The fourth-order valence-electron chi connectivity index (χ4n) is 3.29. The van der Waals surface area contributed by atoms with E-state index in [1.165, 1.54) is 0 Å². The third kappa shape index (κ3) is 4.54. The molecule has 13 heteroatoms. The van der Waals surface area contributed by atoms with E-state index in [1.807, 2.05) is 36.5 Å². The van der Waals surface area contributed by atoms with Crippen molar-refractivity contribution in [3.8, 4) is 0 Å². The van der Waals surface area contributed by atoms with Crippen LogP contribution in [-0.4, -0.2) is 56.4 Å². The van der Waals surface area contributed by atoms with Gasteiger partial charge in [-0.3, -0.25) is 4.68 Å². The van der Waals surface area contributed by atoms with Gasteiger partial charge in [0.25, 0.3) is 0 Å². The number of rotatable bonds is 6. The molecule has 7 nitrogen and oxygen atoms in total. The van der Waals surface area contributed by atoms with Crippen molar-refractivity contribution in [2.75, 3.05) is 23.8 Å². The van der Waals surface area contributed by atoms with E-state index in [1.54, 1.807) is 11.6 Å². The van der Waals surface area contributed by atoms with E-state index in [0.717, 1.165) is 24.7 Å². The van der Waals surface area contributed by atoms with E-state index >= 15 is 0 Å². The second-order valence-corrected chi connectivity index (χ2v) is 8.29. The van der Waals surface area contributed by atoms with Crippen LogP contribution in [0.5, 0.6) is 0 Å². The molecule has 0 aromatic carbocycles. The van der Waals surface area contributed by atoms with Crippen LogP contribution in [0, 0.1) is 0 Å². The van der Waals surface area contributed by atoms with E-state index in [4.69, 9.17) is 9.84 Å². The molecule has 0 radical (unpaired) electrons. The van der Waals surface area contributed by atoms with Crippen LogP contribution in [-0.2, 0) is 21.8 Å². The Balaban J connectivity index is 1.99. The smallest absolute Gasteiger partial charge is 0.370 e. The molecule has 0 amide bonds. The lowest BCUT2D eigenvalue weighted by Crippen LogP contribution is -2.37. The average Bonchev–Trinajstić information content (AvgIpc) is 3.21. The first-order chi connectivity index (χ1) is 13.4. The molecular formula is C16H24B3F3N6O. The van der Waals surface area contributed by atoms with Gasteiger partial charge < -0.3 is 15.4 Å². The fraction of sp³-hybridized carbons (Fsp3) is 0.562. The normalized spacial score (nSPS) is 20.0. The number of hydrogen-bond donors (Lipinski definition) is 2. The molecule has 0 unspecified atom stereocenters. The van der Waals surface area contributed by atoms with Crippen LogP contribution in [0.1, 0.15) is 37.9 Å². The molecule has 2 aromatic rings. The maximum atomic E-state index is 13.2. The van der Waals surface area contributed by atoms with Crippen molar-refractivity contribution in [2.24, 2.45) is 0 Å². The minimum absolute atomic E-state index is 0.0587. The van der Waals surface area contributed by atoms with Gasteiger partial charge in [-0.15, -0.1) is 0 Å². The number of ether oxygens (including phenoxy) is 1. The van der Waals surface area contributed by atoms with E-state index in [0.29, 0.717) is 19.0 Å². The highest BCUT2D eigenvalue weighted by atomic mass is 19.4. The van der Waals surface area contributed by atoms with E-state index in [9.17, 15) is 13.2 Å². The van der Waals surface area contributed by atoms with Crippen LogP contribution in [0.2, 0.25) is 0 Å². The van der Waals surface area contributed by atoms with Crippen LogP contribution in [0.25, 0.3) is 0 Å². The quantitative estimate of drug-likeness (QED) is 0.676. The standard InChI is InChI=1S/C16H24B3F3N6O/c1-3-23-12-9(15(20,21)22)8-24-13(26-12)25-11-7-10(14(2)5-4-6-29-14)27-28(11)16(17,18)19/h7-8H,3-6,17-19H2,1-2H3,(H2,23,24,25,26)/t14-/m1/s1. The summed E-state index contributed by atoms with van der Waals surface area (Å²) >= 11 is 0. The highest BCUT2D eigenvalue weighted by Gasteiger charge is 2.37. The van der Waals surface area contributed by atoms with Crippen LogP contribution < -0.4 is 10.6 Å². The van der Waals surface area contributed by atoms with Crippen molar-refractivity contribution < 1.29 is 17.9 Å². The molecule has 0 saturated carbocycles. The van der Waals surface area contributed by atoms with Crippen LogP contribution >= 0.6 is 0 Å². The molecule has 1 atom stereocenters. The summed E-state index contributed by atoms with van der Waals surface area (Å²) in [6.07, 6.45) is -1.94. The van der Waals surface area contributed by atoms with Gasteiger partial charge in [0.2, 0.25) is 5.95 Å². The van der Waals surface area contributed by atoms with Crippen molar-refractivity contribution >= 4 is 41.1 Å². The Labute approximate surface area is 170 Å². The second-order valence-electron chi connectivity index (χ2n) is 8.29. The van der Waals surface area contributed by atoms with Gasteiger partial charge in [-0.25, -0.2) is 4.98 Å². The molecule has 29 heavy (non-hydrogen) atoms. The summed E-state index contributed by atoms with van der Waals surface area (Å²) in [5.74, 6) is 0.389. The average molecular weight is 406 g/mol. The minimum atomic E-state index is -4.54. The summed E-state index contributed by atoms with van der Waals surface area (Å²) in [6, 6.07) is 1.85. The van der Waals surface area contributed by atoms with E-state index < -0.39 is 17.3 Å². The summed E-state index contributed by atoms with van der Waals surface area (Å²) in [4.78, 5) is 7.92. The number of hydrogen-bond acceptors (Lipinski definition) is 6. The van der Waals surface area contributed by atoms with Crippen LogP contribution in [0.15, 0.2) is 12.3 Å². The monoisotopic (exact) mass is 406 g/mol. The zero-order valence-electron chi connectivity index (χ0n) is 17.3. The molecule has 1 aliphatic rings. The lowest BCUT2D eigenvalue weighted by Gasteiger charge is -2.24. The fourth-order valence-corrected chi connectivity index (χ4v) is 3.29. The number of anilines is 3. The Morgan fingerprint density at radius 2 is 2.03 bits per heavy atom. The van der Waals surface area contributed by atoms with Gasteiger partial charge in [0, 0.05) is 25.4 Å². The molecule has 1 saturated heterocycles. The minimum Gasteiger partial charge on any atom is -0.370 e. The first-order valence-corrected chi connectivity index (χ1v) is 9.64. The van der Waals surface area contributed by atoms with Gasteiger partial charge in [-0.1, -0.05) is 0 Å². The highest BCUT2D eigenvalue weighted by Crippen LogP contribution is 2.37. The Morgan fingerprint density at radius 3 is 2.59 bits per heavy atom. The Kier molecular flexibility index (Phi) is 5.63. The van der Waals surface area contributed by atoms with Gasteiger partial charge >= 0.3 is 6.18 Å². The van der Waals surface area contributed by atoms with Crippen molar-refractivity contribution in [1.82, 2.24) is 19.7 Å². The third-order valence-electron chi connectivity index (χ3n) is 4.78. The van der Waals surface area contributed by atoms with Gasteiger partial charge in [0.05, 0.1) is 5.69 Å². The van der Waals surface area contributed by atoms with Crippen LogP contribution in [0.4, 0.5) is 30.8 Å². The Bertz CT molecular complexity index is 878. The molecule has 2 aromatic heterocycles. The summed E-state index contributed by atoms with van der Waals surface area (Å²) in [6.45, 7) is 4.69. The maximum absolute atomic E-state index is 13.2. The topological polar surface area (TPSA) is 76.9 Å². The van der Waals surface area contributed by atoms with Gasteiger partial charge in [0.1, 0.15) is 46.3 Å². The first-order valence-electron chi connectivity index (χ1n) is 9.64. The van der Waals surface area contributed by atoms with Crippen LogP contribution in [0.3, 0.4) is 0 Å². The van der Waals surface area contributed by atoms with Crippen molar-refractivity contribution in [1.29, 1.82) is 0 Å². The first kappa shape index (κ1) is 21.5. The van der Waals surface area contributed by atoms with Gasteiger partial charge in [-0.2, -0.15) is 23.3 Å². The predicted octanol–water partition coefficient (Wildman–Crippen LogP) is 0.360. The number of nitrogens with one attached hydrogen (secondary N) is 2. The number of alkyl halides is 3. The number of aromatic nitrogens is 4. The third-order valence-corrected chi connectivity index (χ3v) is 4.78. The Morgan fingerprint density at radius 1 is 1.31 bits per heavy atom. The number of nitrogens with zero attached hydrogens (tertiary/aromatic N) is 4. The van der Waals surface area contributed by atoms with Gasteiger partial charge in [0.15, 0.2) is 0 Å². The summed E-state index contributed by atoms with van der Waals surface area (Å²) < 4.78 is 47.3. The summed E-state index contributed by atoms with van der Waals surface area (Å²) in [5.41, 5.74) is -0.615. The molecule has 3 heterocycles. The maximum Gasteiger partial charge on any atom is 0.421 e. The van der Waals surface area contributed by atoms with Crippen molar-refractivity contribution in [2.45, 2.75) is 43.7 Å². The summed E-state index contributed by atoms with van der Waals surface area (Å²) in [5, 5.41) is 10.0. The SMILES string of the molecule is BC(B)(B)n1nc([C@@]2(C)CCCO2)cc1Nc1ncc(C(F)(F)F)c(NCC)n1. The molecule has 1 fully saturated rings. The lowest BCUT2D eigenvalue weighted by molar-refractivity contribution is -0.137. The molecular weight excluding hydrogens is 382 g/mol. The Hall–Kier alpha value is -2.17. The van der Waals surface area contributed by atoms with E-state index in [2.05, 4.69) is 20.6 Å². The molecule has 154 valence electrons. The summed E-state index contributed by atoms with van der Waals surface area (Å²) in [7, 11) is 5.97. The molecule has 0 spiro atoms. The lowest BCUT2D eigenvalue weighted by atomic mass is 9.49. The zero-order valence-corrected chi connectivity index (χ0v) is 17.3. The largest absolute Gasteiger partial charge is 0.421 e. The zero-order chi connectivity index (χ0) is 21.4. The highest BCUT2D eigenvalue weighted by molar-refractivity contribution is 6.56. The molecule has 0 aliphatic carbocycles. The second kappa shape index (κ2) is 7.58. The van der Waals surface area contributed by atoms with E-state index in [-0.39, 0.29) is 17.0 Å². The molecule has 3 rings (SSSR count). The molecule has 1 aliphatic heterocycles. The van der Waals surface area contributed by atoms with Crippen molar-refractivity contribution in [3.05, 3.63) is 23.5 Å². The van der Waals surface area contributed by atoms with Gasteiger partial charge in [-0.05, 0) is 31.9 Å². The number of halogens is 3. The predicted molar refractivity (Wildman–Crippen MR) is 113 cm³/mol. The van der Waals surface area contributed by atoms with Crippen molar-refractivity contribution in [3.63, 3.8) is 0 Å². The molecule has 0 bridgehead atoms. The molecule has 2 N–H and O–H groups in total.